The number of aliphatic hydroxyl groups is 1. The third kappa shape index (κ3) is 36.9. The van der Waals surface area contributed by atoms with Gasteiger partial charge in [-0.1, -0.05) is 185 Å². The van der Waals surface area contributed by atoms with Gasteiger partial charge in [0.05, 0.1) is 6.61 Å². The lowest BCUT2D eigenvalue weighted by Crippen LogP contribution is -2.28. The maximum atomic E-state index is 12.2. The van der Waals surface area contributed by atoms with E-state index in [-0.39, 0.29) is 25.2 Å². The summed E-state index contributed by atoms with van der Waals surface area (Å²) in [6.45, 7) is 4.03. The highest BCUT2D eigenvalue weighted by Crippen LogP contribution is 2.15. The number of unbranched alkanes of at least 4 members (excludes halogenated alkanes) is 23. The molecule has 1 atom stereocenters. The number of esters is 2. The summed E-state index contributed by atoms with van der Waals surface area (Å²) in [5, 5.41) is 9.56. The Morgan fingerprint density at radius 1 is 0.500 bits per heavy atom. The van der Waals surface area contributed by atoms with Gasteiger partial charge in [-0.25, -0.2) is 0 Å². The van der Waals surface area contributed by atoms with Crippen molar-refractivity contribution in [2.75, 3.05) is 13.2 Å². The fraction of sp³-hybridized carbons (Fsp3) is 0.814. The number of hydrogen-bond donors (Lipinski definition) is 1. The molecule has 0 heterocycles. The molecule has 1 N–H and O–H groups in total. The van der Waals surface area contributed by atoms with Crippen LogP contribution in [0.15, 0.2) is 36.5 Å². The topological polar surface area (TPSA) is 72.8 Å². The molecule has 1 unspecified atom stereocenters. The lowest BCUT2D eigenvalue weighted by Gasteiger charge is -2.15. The van der Waals surface area contributed by atoms with Crippen molar-refractivity contribution in [3.05, 3.63) is 36.5 Å². The van der Waals surface area contributed by atoms with E-state index in [0.717, 1.165) is 64.2 Å². The minimum Gasteiger partial charge on any atom is -0.462 e. The summed E-state index contributed by atoms with van der Waals surface area (Å²) in [5.41, 5.74) is 0. The van der Waals surface area contributed by atoms with Crippen LogP contribution in [-0.2, 0) is 19.1 Å². The van der Waals surface area contributed by atoms with Crippen molar-refractivity contribution in [3.63, 3.8) is 0 Å². The van der Waals surface area contributed by atoms with E-state index in [2.05, 4.69) is 50.3 Å². The normalized spacial score (nSPS) is 12.5. The van der Waals surface area contributed by atoms with Crippen LogP contribution in [0.3, 0.4) is 0 Å². The van der Waals surface area contributed by atoms with Gasteiger partial charge in [0.2, 0.25) is 0 Å². The summed E-state index contributed by atoms with van der Waals surface area (Å²) in [5.74, 6) is -0.595. The number of aliphatic hydroxyl groups excluding tert-OH is 1. The van der Waals surface area contributed by atoms with Crippen LogP contribution >= 0.6 is 0 Å². The molecule has 0 aromatic carbocycles. The quantitative estimate of drug-likeness (QED) is 0.0403. The molecular weight excluding hydrogens is 596 g/mol. The van der Waals surface area contributed by atoms with Crippen LogP contribution in [0.2, 0.25) is 0 Å². The van der Waals surface area contributed by atoms with E-state index < -0.39 is 6.10 Å². The van der Waals surface area contributed by atoms with Gasteiger partial charge in [-0.15, -0.1) is 0 Å². The standard InChI is InChI=1S/C43H78O5/c1-3-5-7-9-11-13-15-17-19-21-23-25-27-29-31-33-35-37-42(45)47-40-41(39-44)48-43(46)38-36-34-32-30-28-26-24-22-20-18-16-14-12-10-8-6-4-2/h6,8,12,14,18,20,41,44H,3-5,7,9-11,13,15-17,19,21-40H2,1-2H3/b8-6-,14-12-,20-18-. The van der Waals surface area contributed by atoms with E-state index in [0.29, 0.717) is 12.8 Å². The first-order valence-electron chi connectivity index (χ1n) is 20.5. The van der Waals surface area contributed by atoms with Crippen LogP contribution in [0.4, 0.5) is 0 Å². The van der Waals surface area contributed by atoms with Crippen molar-refractivity contribution < 1.29 is 24.2 Å². The Kier molecular flexibility index (Phi) is 38.0. The SMILES string of the molecule is CC/C=C\C/C=C\C/C=C\CCCCCCCCCC(=O)OC(CO)COC(=O)CCCCCCCCCCCCCCCCCCC. The molecular formula is C43H78O5. The minimum atomic E-state index is -0.773. The monoisotopic (exact) mass is 675 g/mol. The Morgan fingerprint density at radius 2 is 0.896 bits per heavy atom. The fourth-order valence-electron chi connectivity index (χ4n) is 5.86. The Balaban J connectivity index is 3.53. The van der Waals surface area contributed by atoms with Gasteiger partial charge in [-0.2, -0.15) is 0 Å². The predicted molar refractivity (Wildman–Crippen MR) is 205 cm³/mol. The molecule has 0 spiro atoms. The molecule has 48 heavy (non-hydrogen) atoms. The first-order chi connectivity index (χ1) is 23.6. The second-order valence-corrected chi connectivity index (χ2v) is 13.7. The Bertz CT molecular complexity index is 771. The molecule has 5 nitrogen and oxygen atoms in total. The molecule has 0 aliphatic rings. The van der Waals surface area contributed by atoms with Gasteiger partial charge in [-0.3, -0.25) is 9.59 Å². The number of allylic oxidation sites excluding steroid dienone is 6. The van der Waals surface area contributed by atoms with Gasteiger partial charge < -0.3 is 14.6 Å². The lowest BCUT2D eigenvalue weighted by molar-refractivity contribution is -0.161. The molecule has 0 amide bonds. The molecule has 0 rings (SSSR count). The number of rotatable bonds is 37. The van der Waals surface area contributed by atoms with Gasteiger partial charge in [0.25, 0.3) is 0 Å². The van der Waals surface area contributed by atoms with Gasteiger partial charge in [0.15, 0.2) is 6.10 Å². The predicted octanol–water partition coefficient (Wildman–Crippen LogP) is 12.8. The zero-order valence-electron chi connectivity index (χ0n) is 31.7. The molecule has 0 fully saturated rings. The third-order valence-electron chi connectivity index (χ3n) is 8.95. The summed E-state index contributed by atoms with van der Waals surface area (Å²) in [4.78, 5) is 24.3. The van der Waals surface area contributed by atoms with Crippen molar-refractivity contribution in [2.45, 2.75) is 213 Å². The molecule has 5 heteroatoms. The first-order valence-corrected chi connectivity index (χ1v) is 20.5. The molecule has 0 aliphatic heterocycles. The second-order valence-electron chi connectivity index (χ2n) is 13.7. The Hall–Kier alpha value is -1.88. The Morgan fingerprint density at radius 3 is 1.35 bits per heavy atom. The fourth-order valence-corrected chi connectivity index (χ4v) is 5.86. The van der Waals surface area contributed by atoms with Crippen LogP contribution in [0.1, 0.15) is 206 Å². The van der Waals surface area contributed by atoms with E-state index in [9.17, 15) is 14.7 Å². The van der Waals surface area contributed by atoms with Gasteiger partial charge in [0, 0.05) is 12.8 Å². The summed E-state index contributed by atoms with van der Waals surface area (Å²) >= 11 is 0. The number of ether oxygens (including phenoxy) is 2. The molecule has 0 bridgehead atoms. The molecule has 0 aliphatic carbocycles. The minimum absolute atomic E-state index is 0.0669. The van der Waals surface area contributed by atoms with Crippen molar-refractivity contribution in [2.24, 2.45) is 0 Å². The van der Waals surface area contributed by atoms with Crippen LogP contribution in [-0.4, -0.2) is 36.4 Å². The maximum Gasteiger partial charge on any atom is 0.306 e. The van der Waals surface area contributed by atoms with E-state index in [1.54, 1.807) is 0 Å². The molecule has 280 valence electrons. The summed E-state index contributed by atoms with van der Waals surface area (Å²) < 4.78 is 10.6. The van der Waals surface area contributed by atoms with Gasteiger partial charge in [0.1, 0.15) is 6.61 Å². The zero-order chi connectivity index (χ0) is 35.0. The highest BCUT2D eigenvalue weighted by Gasteiger charge is 2.16. The lowest BCUT2D eigenvalue weighted by atomic mass is 10.0. The van der Waals surface area contributed by atoms with Crippen LogP contribution in [0, 0.1) is 0 Å². The Labute approximate surface area is 297 Å². The van der Waals surface area contributed by atoms with Gasteiger partial charge in [-0.05, 0) is 44.9 Å². The van der Waals surface area contributed by atoms with Gasteiger partial charge >= 0.3 is 11.9 Å². The highest BCUT2D eigenvalue weighted by molar-refractivity contribution is 5.70. The van der Waals surface area contributed by atoms with Crippen molar-refractivity contribution in [1.82, 2.24) is 0 Å². The van der Waals surface area contributed by atoms with Crippen LogP contribution in [0.25, 0.3) is 0 Å². The van der Waals surface area contributed by atoms with E-state index >= 15 is 0 Å². The smallest absolute Gasteiger partial charge is 0.306 e. The van der Waals surface area contributed by atoms with E-state index in [1.807, 2.05) is 0 Å². The number of carbonyl (C=O) groups is 2. The molecule has 0 saturated heterocycles. The molecule has 0 radical (unpaired) electrons. The average molecular weight is 675 g/mol. The van der Waals surface area contributed by atoms with Crippen molar-refractivity contribution in [3.8, 4) is 0 Å². The summed E-state index contributed by atoms with van der Waals surface area (Å²) in [6, 6.07) is 0. The average Bonchev–Trinajstić information content (AvgIpc) is 3.09. The maximum absolute atomic E-state index is 12.2. The first kappa shape index (κ1) is 46.1. The summed E-state index contributed by atoms with van der Waals surface area (Å²) in [7, 11) is 0. The number of hydrogen-bond acceptors (Lipinski definition) is 5. The molecule has 0 aromatic rings. The third-order valence-corrected chi connectivity index (χ3v) is 8.95. The van der Waals surface area contributed by atoms with Crippen molar-refractivity contribution in [1.29, 1.82) is 0 Å². The van der Waals surface area contributed by atoms with E-state index in [1.165, 1.54) is 116 Å². The van der Waals surface area contributed by atoms with Crippen molar-refractivity contribution >= 4 is 11.9 Å². The number of carbonyl (C=O) groups excluding carboxylic acids is 2. The molecule has 0 saturated carbocycles. The highest BCUT2D eigenvalue weighted by atomic mass is 16.6. The van der Waals surface area contributed by atoms with Crippen LogP contribution in [0.5, 0.6) is 0 Å². The van der Waals surface area contributed by atoms with Crippen LogP contribution < -0.4 is 0 Å². The summed E-state index contributed by atoms with van der Waals surface area (Å²) in [6.07, 6.45) is 47.8. The largest absolute Gasteiger partial charge is 0.462 e. The molecule has 0 aromatic heterocycles. The second kappa shape index (κ2) is 39.6. The zero-order valence-corrected chi connectivity index (χ0v) is 31.7. The van der Waals surface area contributed by atoms with E-state index in [4.69, 9.17) is 9.47 Å².